The summed E-state index contributed by atoms with van der Waals surface area (Å²) < 4.78 is 5.35. The Balaban J connectivity index is 2.55. The molecule has 94 valence electrons. The third kappa shape index (κ3) is 4.08. The van der Waals surface area contributed by atoms with Crippen molar-refractivity contribution in [3.05, 3.63) is 0 Å². The van der Waals surface area contributed by atoms with Gasteiger partial charge in [0.2, 0.25) is 5.91 Å². The fourth-order valence-electron chi connectivity index (χ4n) is 1.85. The molecule has 1 heterocycles. The Hall–Kier alpha value is -0.650. The van der Waals surface area contributed by atoms with Crippen LogP contribution in [0.4, 0.5) is 0 Å². The fourth-order valence-corrected chi connectivity index (χ4v) is 1.85. The normalized spacial score (nSPS) is 24.4. The number of ether oxygens (including phenoxy) is 1. The number of carbonyl (C=O) groups is 1. The highest BCUT2D eigenvalue weighted by Gasteiger charge is 2.29. The molecule has 1 fully saturated rings. The molecule has 0 radical (unpaired) electrons. The molecular weight excluding hydrogens is 206 g/mol. The molecule has 3 N–H and O–H groups in total. The number of nitrogens with two attached hydrogens (primary N) is 1. The maximum absolute atomic E-state index is 11.9. The summed E-state index contributed by atoms with van der Waals surface area (Å²) in [6.45, 7) is 8.52. The molecular formula is C11H23N3O2. The van der Waals surface area contributed by atoms with Gasteiger partial charge < -0.3 is 15.8 Å². The van der Waals surface area contributed by atoms with Crippen molar-refractivity contribution in [2.45, 2.75) is 38.9 Å². The van der Waals surface area contributed by atoms with Crippen molar-refractivity contribution >= 4 is 5.91 Å². The summed E-state index contributed by atoms with van der Waals surface area (Å²) in [5, 5.41) is 2.91. The van der Waals surface area contributed by atoms with Crippen LogP contribution < -0.4 is 11.1 Å². The molecule has 0 aromatic heterocycles. The standard InChI is InChI=1S/C11H23N3O2/c1-8(2)13-11(15)10-7-16-5-4-14(10)6-9(3)12/h8-10H,4-7,12H2,1-3H3,(H,13,15). The molecule has 5 heteroatoms. The Bertz CT molecular complexity index is 231. The first-order valence-corrected chi connectivity index (χ1v) is 5.88. The van der Waals surface area contributed by atoms with E-state index in [9.17, 15) is 4.79 Å². The van der Waals surface area contributed by atoms with Crippen molar-refractivity contribution in [2.75, 3.05) is 26.3 Å². The minimum atomic E-state index is -0.192. The summed E-state index contributed by atoms with van der Waals surface area (Å²) in [7, 11) is 0. The van der Waals surface area contributed by atoms with E-state index >= 15 is 0 Å². The monoisotopic (exact) mass is 229 g/mol. The van der Waals surface area contributed by atoms with Crippen molar-refractivity contribution in [1.82, 2.24) is 10.2 Å². The van der Waals surface area contributed by atoms with Crippen molar-refractivity contribution in [2.24, 2.45) is 5.73 Å². The van der Waals surface area contributed by atoms with E-state index in [1.807, 2.05) is 20.8 Å². The van der Waals surface area contributed by atoms with Crippen molar-refractivity contribution in [3.63, 3.8) is 0 Å². The molecule has 0 saturated carbocycles. The van der Waals surface area contributed by atoms with E-state index in [0.29, 0.717) is 13.2 Å². The summed E-state index contributed by atoms with van der Waals surface area (Å²) in [4.78, 5) is 14.0. The molecule has 1 aliphatic rings. The molecule has 0 spiro atoms. The lowest BCUT2D eigenvalue weighted by Gasteiger charge is -2.35. The third-order valence-electron chi connectivity index (χ3n) is 2.50. The average molecular weight is 229 g/mol. The Labute approximate surface area is 97.3 Å². The summed E-state index contributed by atoms with van der Waals surface area (Å²) in [6, 6.07) is 0.0428. The number of morpholine rings is 1. The molecule has 5 nitrogen and oxygen atoms in total. The van der Waals surface area contributed by atoms with Crippen LogP contribution in [0.15, 0.2) is 0 Å². The molecule has 0 aromatic carbocycles. The van der Waals surface area contributed by atoms with Crippen LogP contribution in [0.1, 0.15) is 20.8 Å². The van der Waals surface area contributed by atoms with Crippen molar-refractivity contribution in [3.8, 4) is 0 Å². The topological polar surface area (TPSA) is 67.6 Å². The SMILES string of the molecule is CC(N)CN1CCOCC1C(=O)NC(C)C. The number of rotatable bonds is 4. The second kappa shape index (κ2) is 6.18. The van der Waals surface area contributed by atoms with Gasteiger partial charge in [-0.15, -0.1) is 0 Å². The Kier molecular flexibility index (Phi) is 5.18. The second-order valence-corrected chi connectivity index (χ2v) is 4.73. The molecule has 0 aliphatic carbocycles. The number of nitrogens with one attached hydrogen (secondary N) is 1. The largest absolute Gasteiger partial charge is 0.378 e. The van der Waals surface area contributed by atoms with E-state index in [4.69, 9.17) is 10.5 Å². The summed E-state index contributed by atoms with van der Waals surface area (Å²) in [6.07, 6.45) is 0. The third-order valence-corrected chi connectivity index (χ3v) is 2.50. The van der Waals surface area contributed by atoms with Gasteiger partial charge in [0.15, 0.2) is 0 Å². The number of hydrogen-bond donors (Lipinski definition) is 2. The molecule has 16 heavy (non-hydrogen) atoms. The molecule has 1 aliphatic heterocycles. The van der Waals surface area contributed by atoms with Gasteiger partial charge in [0.05, 0.1) is 13.2 Å². The number of nitrogens with zero attached hydrogens (tertiary/aromatic N) is 1. The van der Waals surface area contributed by atoms with Crippen LogP contribution in [-0.2, 0) is 9.53 Å². The van der Waals surface area contributed by atoms with Gasteiger partial charge >= 0.3 is 0 Å². The van der Waals surface area contributed by atoms with Gasteiger partial charge in [-0.1, -0.05) is 0 Å². The molecule has 2 atom stereocenters. The lowest BCUT2D eigenvalue weighted by atomic mass is 10.1. The highest BCUT2D eigenvalue weighted by Crippen LogP contribution is 2.07. The van der Waals surface area contributed by atoms with Crippen LogP contribution >= 0.6 is 0 Å². The molecule has 0 aromatic rings. The van der Waals surface area contributed by atoms with Gasteiger partial charge in [0.25, 0.3) is 0 Å². The van der Waals surface area contributed by atoms with Gasteiger partial charge in [-0.3, -0.25) is 9.69 Å². The van der Waals surface area contributed by atoms with Gasteiger partial charge in [-0.05, 0) is 20.8 Å². The number of amides is 1. The van der Waals surface area contributed by atoms with Crippen molar-refractivity contribution in [1.29, 1.82) is 0 Å². The van der Waals surface area contributed by atoms with E-state index in [1.165, 1.54) is 0 Å². The molecule has 2 unspecified atom stereocenters. The number of carbonyl (C=O) groups excluding carboxylic acids is 1. The zero-order valence-corrected chi connectivity index (χ0v) is 10.4. The minimum absolute atomic E-state index is 0.0374. The first-order chi connectivity index (χ1) is 7.50. The van der Waals surface area contributed by atoms with E-state index < -0.39 is 0 Å². The minimum Gasteiger partial charge on any atom is -0.378 e. The molecule has 1 rings (SSSR count). The smallest absolute Gasteiger partial charge is 0.239 e. The quantitative estimate of drug-likeness (QED) is 0.686. The summed E-state index contributed by atoms with van der Waals surface area (Å²) in [5.41, 5.74) is 5.77. The first-order valence-electron chi connectivity index (χ1n) is 5.88. The van der Waals surface area contributed by atoms with E-state index in [-0.39, 0.29) is 24.0 Å². The zero-order chi connectivity index (χ0) is 12.1. The van der Waals surface area contributed by atoms with Crippen molar-refractivity contribution < 1.29 is 9.53 Å². The van der Waals surface area contributed by atoms with Crippen LogP contribution in [-0.4, -0.2) is 55.2 Å². The summed E-state index contributed by atoms with van der Waals surface area (Å²) in [5.74, 6) is 0.0374. The predicted octanol–water partition coefficient (Wildman–Crippen LogP) is -0.441. The zero-order valence-electron chi connectivity index (χ0n) is 10.4. The predicted molar refractivity (Wildman–Crippen MR) is 63.1 cm³/mol. The maximum Gasteiger partial charge on any atom is 0.239 e. The van der Waals surface area contributed by atoms with E-state index in [0.717, 1.165) is 13.1 Å². The van der Waals surface area contributed by atoms with Gasteiger partial charge in [-0.25, -0.2) is 0 Å². The lowest BCUT2D eigenvalue weighted by molar-refractivity contribution is -0.133. The van der Waals surface area contributed by atoms with Gasteiger partial charge in [0, 0.05) is 25.2 Å². The Morgan fingerprint density at radius 2 is 2.25 bits per heavy atom. The van der Waals surface area contributed by atoms with Crippen LogP contribution in [0.5, 0.6) is 0 Å². The summed E-state index contributed by atoms with van der Waals surface area (Å²) >= 11 is 0. The Morgan fingerprint density at radius 1 is 1.56 bits per heavy atom. The maximum atomic E-state index is 11.9. The number of hydrogen-bond acceptors (Lipinski definition) is 4. The molecule has 1 amide bonds. The van der Waals surface area contributed by atoms with Gasteiger partial charge in [0.1, 0.15) is 6.04 Å². The highest BCUT2D eigenvalue weighted by molar-refractivity contribution is 5.82. The highest BCUT2D eigenvalue weighted by atomic mass is 16.5. The van der Waals surface area contributed by atoms with Gasteiger partial charge in [-0.2, -0.15) is 0 Å². The first kappa shape index (κ1) is 13.4. The Morgan fingerprint density at radius 3 is 2.81 bits per heavy atom. The average Bonchev–Trinajstić information content (AvgIpc) is 2.16. The fraction of sp³-hybridized carbons (Fsp3) is 0.909. The van der Waals surface area contributed by atoms with E-state index in [1.54, 1.807) is 0 Å². The van der Waals surface area contributed by atoms with Crippen LogP contribution in [0.2, 0.25) is 0 Å². The second-order valence-electron chi connectivity index (χ2n) is 4.73. The van der Waals surface area contributed by atoms with Crippen LogP contribution in [0.25, 0.3) is 0 Å². The van der Waals surface area contributed by atoms with E-state index in [2.05, 4.69) is 10.2 Å². The molecule has 1 saturated heterocycles. The van der Waals surface area contributed by atoms with Crippen LogP contribution in [0, 0.1) is 0 Å². The van der Waals surface area contributed by atoms with Crippen LogP contribution in [0.3, 0.4) is 0 Å². The lowest BCUT2D eigenvalue weighted by Crippen LogP contribution is -2.56. The molecule has 0 bridgehead atoms.